The molecule has 0 saturated carbocycles. The van der Waals surface area contributed by atoms with Crippen LogP contribution in [-0.4, -0.2) is 39.8 Å². The van der Waals surface area contributed by atoms with Crippen molar-refractivity contribution < 1.29 is 9.26 Å². The van der Waals surface area contributed by atoms with Crippen LogP contribution in [0.1, 0.15) is 38.4 Å². The minimum Gasteiger partial charge on any atom is -0.476 e. The molecule has 0 radical (unpaired) electrons. The van der Waals surface area contributed by atoms with Crippen molar-refractivity contribution in [3.63, 3.8) is 0 Å². The average molecular weight is 382 g/mol. The summed E-state index contributed by atoms with van der Waals surface area (Å²) in [6.07, 6.45) is 5.33. The number of hydrogen-bond acceptors (Lipinski definition) is 7. The topological polar surface area (TPSA) is 77.2 Å². The van der Waals surface area contributed by atoms with Gasteiger partial charge in [0.25, 0.3) is 0 Å². The van der Waals surface area contributed by atoms with Crippen molar-refractivity contribution in [2.24, 2.45) is 5.92 Å². The predicted octanol–water partition coefficient (Wildman–Crippen LogP) is 3.04. The third kappa shape index (κ3) is 4.19. The predicted molar refractivity (Wildman–Crippen MR) is 88.6 cm³/mol. The van der Waals surface area contributed by atoms with Gasteiger partial charge in [0.1, 0.15) is 4.60 Å². The molecule has 0 aliphatic carbocycles. The normalized spacial score (nSPS) is 16.1. The number of halogens is 1. The second kappa shape index (κ2) is 7.25. The highest BCUT2D eigenvalue weighted by Crippen LogP contribution is 2.24. The Morgan fingerprint density at radius 3 is 2.70 bits per heavy atom. The molecule has 0 bridgehead atoms. The zero-order chi connectivity index (χ0) is 16.2. The van der Waals surface area contributed by atoms with Gasteiger partial charge in [-0.05, 0) is 34.7 Å². The molecule has 1 aliphatic heterocycles. The Morgan fingerprint density at radius 1 is 1.30 bits per heavy atom. The van der Waals surface area contributed by atoms with Crippen molar-refractivity contribution in [3.8, 4) is 5.88 Å². The summed E-state index contributed by atoms with van der Waals surface area (Å²) in [6, 6.07) is 0.631. The van der Waals surface area contributed by atoms with Crippen LogP contribution in [-0.2, 0) is 0 Å². The molecule has 0 atom stereocenters. The van der Waals surface area contributed by atoms with Gasteiger partial charge in [0.15, 0.2) is 5.82 Å². The summed E-state index contributed by atoms with van der Waals surface area (Å²) in [5.41, 5.74) is 0. The van der Waals surface area contributed by atoms with Gasteiger partial charge in [0.2, 0.25) is 5.88 Å². The smallest absolute Gasteiger partial charge is 0.324 e. The Kier molecular flexibility index (Phi) is 5.09. The molecule has 2 aromatic rings. The highest BCUT2D eigenvalue weighted by Gasteiger charge is 2.24. The van der Waals surface area contributed by atoms with Crippen LogP contribution in [0.2, 0.25) is 0 Å². The first-order chi connectivity index (χ1) is 11.1. The van der Waals surface area contributed by atoms with E-state index < -0.39 is 0 Å². The van der Waals surface area contributed by atoms with Crippen molar-refractivity contribution in [1.82, 2.24) is 20.1 Å². The monoisotopic (exact) mass is 381 g/mol. The maximum Gasteiger partial charge on any atom is 0.324 e. The maximum absolute atomic E-state index is 5.71. The van der Waals surface area contributed by atoms with Gasteiger partial charge in [-0.2, -0.15) is 4.98 Å². The van der Waals surface area contributed by atoms with E-state index in [2.05, 4.69) is 54.8 Å². The minimum atomic E-state index is 0.283. The fraction of sp³-hybridized carbons (Fsp3) is 0.600. The van der Waals surface area contributed by atoms with E-state index >= 15 is 0 Å². The Hall–Kier alpha value is -1.70. The quantitative estimate of drug-likeness (QED) is 0.787. The third-order valence-electron chi connectivity index (χ3n) is 3.90. The fourth-order valence-electron chi connectivity index (χ4n) is 2.46. The van der Waals surface area contributed by atoms with E-state index in [1.165, 1.54) is 0 Å². The van der Waals surface area contributed by atoms with Crippen molar-refractivity contribution in [1.29, 1.82) is 0 Å². The number of ether oxygens (including phenoxy) is 1. The standard InChI is InChI=1S/C15H20BrN5O2/c1-10(2)14-19-15(23-20-14)21-5-3-11(4-6-21)9-22-13-8-17-12(16)7-18-13/h7-8,10-11H,3-6,9H2,1-2H3. The third-order valence-corrected chi connectivity index (χ3v) is 4.31. The van der Waals surface area contributed by atoms with E-state index in [-0.39, 0.29) is 5.92 Å². The number of rotatable bonds is 5. The van der Waals surface area contributed by atoms with E-state index in [0.29, 0.717) is 29.0 Å². The molecule has 2 aromatic heterocycles. The molecular weight excluding hydrogens is 362 g/mol. The molecule has 7 nitrogen and oxygen atoms in total. The first kappa shape index (κ1) is 16.2. The van der Waals surface area contributed by atoms with Crippen LogP contribution in [0.25, 0.3) is 0 Å². The minimum absolute atomic E-state index is 0.283. The van der Waals surface area contributed by atoms with Crippen molar-refractivity contribution in [3.05, 3.63) is 22.8 Å². The number of nitrogens with zero attached hydrogens (tertiary/aromatic N) is 5. The van der Waals surface area contributed by atoms with Crippen LogP contribution in [0.15, 0.2) is 21.5 Å². The highest BCUT2D eigenvalue weighted by atomic mass is 79.9. The molecule has 1 fully saturated rings. The van der Waals surface area contributed by atoms with Gasteiger partial charge in [0, 0.05) is 19.0 Å². The van der Waals surface area contributed by atoms with Gasteiger partial charge in [-0.1, -0.05) is 19.0 Å². The molecule has 3 rings (SSSR count). The highest BCUT2D eigenvalue weighted by molar-refractivity contribution is 9.10. The summed E-state index contributed by atoms with van der Waals surface area (Å²) in [6.45, 7) is 6.58. The maximum atomic E-state index is 5.71. The average Bonchev–Trinajstić information content (AvgIpc) is 3.05. The number of hydrogen-bond donors (Lipinski definition) is 0. The first-order valence-corrected chi connectivity index (χ1v) is 8.60. The first-order valence-electron chi connectivity index (χ1n) is 7.80. The summed E-state index contributed by atoms with van der Waals surface area (Å²) in [4.78, 5) is 14.9. The Balaban J connectivity index is 1.47. The molecule has 0 amide bonds. The van der Waals surface area contributed by atoms with E-state index in [0.717, 1.165) is 31.8 Å². The fourth-order valence-corrected chi connectivity index (χ4v) is 2.66. The molecule has 1 saturated heterocycles. The van der Waals surface area contributed by atoms with Gasteiger partial charge < -0.3 is 14.2 Å². The lowest BCUT2D eigenvalue weighted by Crippen LogP contribution is -2.35. The van der Waals surface area contributed by atoms with Crippen molar-refractivity contribution in [2.75, 3.05) is 24.6 Å². The van der Waals surface area contributed by atoms with Gasteiger partial charge in [0.05, 0.1) is 19.0 Å². The molecule has 0 spiro atoms. The molecule has 1 aliphatic rings. The van der Waals surface area contributed by atoms with Crippen molar-refractivity contribution >= 4 is 21.9 Å². The van der Waals surface area contributed by atoms with Crippen LogP contribution in [0, 0.1) is 5.92 Å². The lowest BCUT2D eigenvalue weighted by molar-refractivity contribution is 0.213. The van der Waals surface area contributed by atoms with Gasteiger partial charge in [-0.25, -0.2) is 9.97 Å². The Morgan fingerprint density at radius 2 is 2.09 bits per heavy atom. The van der Waals surface area contributed by atoms with Crippen LogP contribution in [0.4, 0.5) is 6.01 Å². The SMILES string of the molecule is CC(C)c1noc(N2CCC(COc3cnc(Br)cn3)CC2)n1. The molecule has 0 N–H and O–H groups in total. The van der Waals surface area contributed by atoms with Crippen molar-refractivity contribution in [2.45, 2.75) is 32.6 Å². The van der Waals surface area contributed by atoms with E-state index in [1.54, 1.807) is 12.4 Å². The second-order valence-corrected chi connectivity index (χ2v) is 6.82. The lowest BCUT2D eigenvalue weighted by Gasteiger charge is -2.30. The number of aromatic nitrogens is 4. The summed E-state index contributed by atoms with van der Waals surface area (Å²) in [5, 5.41) is 4.02. The molecular formula is C15H20BrN5O2. The van der Waals surface area contributed by atoms with E-state index in [9.17, 15) is 0 Å². The Labute approximate surface area is 143 Å². The number of anilines is 1. The number of piperidine rings is 1. The molecule has 124 valence electrons. The van der Waals surface area contributed by atoms with Gasteiger partial charge in [-0.15, -0.1) is 0 Å². The molecule has 0 aromatic carbocycles. The lowest BCUT2D eigenvalue weighted by atomic mass is 9.98. The summed E-state index contributed by atoms with van der Waals surface area (Å²) in [7, 11) is 0. The molecule has 0 unspecified atom stereocenters. The van der Waals surface area contributed by atoms with E-state index in [1.807, 2.05) is 0 Å². The second-order valence-electron chi connectivity index (χ2n) is 6.01. The largest absolute Gasteiger partial charge is 0.476 e. The molecule has 23 heavy (non-hydrogen) atoms. The Bertz CT molecular complexity index is 623. The van der Waals surface area contributed by atoms with E-state index in [4.69, 9.17) is 9.26 Å². The van der Waals surface area contributed by atoms with Crippen LogP contribution in [0.5, 0.6) is 5.88 Å². The van der Waals surface area contributed by atoms with Gasteiger partial charge in [-0.3, -0.25) is 0 Å². The molecule has 8 heteroatoms. The zero-order valence-electron chi connectivity index (χ0n) is 13.3. The molecule has 3 heterocycles. The van der Waals surface area contributed by atoms with Gasteiger partial charge >= 0.3 is 6.01 Å². The van der Waals surface area contributed by atoms with Crippen LogP contribution in [0.3, 0.4) is 0 Å². The zero-order valence-corrected chi connectivity index (χ0v) is 14.9. The summed E-state index contributed by atoms with van der Waals surface area (Å²) in [5.74, 6) is 2.11. The summed E-state index contributed by atoms with van der Waals surface area (Å²) < 4.78 is 11.8. The van der Waals surface area contributed by atoms with Crippen LogP contribution < -0.4 is 9.64 Å². The van der Waals surface area contributed by atoms with Crippen LogP contribution >= 0.6 is 15.9 Å². The summed E-state index contributed by atoms with van der Waals surface area (Å²) >= 11 is 3.26.